The molecule has 0 saturated heterocycles. The average molecular weight is 316 g/mol. The summed E-state index contributed by atoms with van der Waals surface area (Å²) in [4.78, 5) is 19.8. The number of amides is 1. The maximum Gasteiger partial charge on any atom is 0.270 e. The lowest BCUT2D eigenvalue weighted by Gasteiger charge is -2.16. The number of fused-ring (bicyclic) bond motifs is 1. The number of nitrogens with zero attached hydrogens (tertiary/aromatic N) is 2. The molecule has 0 bridgehead atoms. The van der Waals surface area contributed by atoms with Gasteiger partial charge in [0.05, 0.1) is 16.4 Å². The fraction of sp³-hybridized carbons (Fsp3) is 0.412. The van der Waals surface area contributed by atoms with Gasteiger partial charge in [0.25, 0.3) is 5.91 Å². The van der Waals surface area contributed by atoms with Crippen molar-refractivity contribution in [1.82, 2.24) is 4.98 Å². The van der Waals surface area contributed by atoms with E-state index in [0.29, 0.717) is 17.1 Å². The lowest BCUT2D eigenvalue weighted by molar-refractivity contribution is 0.0992. The van der Waals surface area contributed by atoms with Crippen molar-refractivity contribution in [2.75, 3.05) is 11.4 Å². The summed E-state index contributed by atoms with van der Waals surface area (Å²) in [6.45, 7) is 2.51. The molecule has 22 heavy (non-hydrogen) atoms. The summed E-state index contributed by atoms with van der Waals surface area (Å²) in [6, 6.07) is 4.69. The van der Waals surface area contributed by atoms with Crippen LogP contribution in [0.15, 0.2) is 18.2 Å². The van der Waals surface area contributed by atoms with Crippen LogP contribution in [0.25, 0.3) is 0 Å². The number of benzene rings is 1. The first-order valence-electron chi connectivity index (χ1n) is 7.68. The number of rotatable bonds is 3. The number of hydrogen-bond acceptors (Lipinski definition) is 3. The molecule has 1 aliphatic carbocycles. The Hall–Kier alpha value is -1.75. The highest BCUT2D eigenvalue weighted by Crippen LogP contribution is 2.36. The van der Waals surface area contributed by atoms with Crippen LogP contribution in [-0.4, -0.2) is 17.4 Å². The molecular weight excluding hydrogens is 299 g/mol. The van der Waals surface area contributed by atoms with Crippen LogP contribution >= 0.6 is 11.3 Å². The summed E-state index contributed by atoms with van der Waals surface area (Å²) >= 11 is 1.51. The first-order valence-corrected chi connectivity index (χ1v) is 8.50. The van der Waals surface area contributed by atoms with Gasteiger partial charge >= 0.3 is 0 Å². The van der Waals surface area contributed by atoms with Crippen LogP contribution in [0.2, 0.25) is 0 Å². The summed E-state index contributed by atoms with van der Waals surface area (Å²) in [6.07, 6.45) is 4.33. The Morgan fingerprint density at radius 1 is 1.45 bits per heavy atom. The van der Waals surface area contributed by atoms with Crippen molar-refractivity contribution >= 4 is 22.9 Å². The van der Waals surface area contributed by atoms with E-state index in [2.05, 4.69) is 4.98 Å². The molecule has 0 radical (unpaired) electrons. The molecule has 2 aliphatic rings. The average Bonchev–Trinajstić information content (AvgIpc) is 3.08. The molecule has 1 aromatic heterocycles. The number of thiazole rings is 1. The second-order valence-electron chi connectivity index (χ2n) is 6.15. The van der Waals surface area contributed by atoms with Gasteiger partial charge in [0.2, 0.25) is 0 Å². The fourth-order valence-corrected chi connectivity index (χ4v) is 4.12. The molecule has 4 rings (SSSR count). The Morgan fingerprint density at radius 3 is 3.05 bits per heavy atom. The monoisotopic (exact) mass is 316 g/mol. The third-order valence-corrected chi connectivity index (χ3v) is 5.55. The minimum atomic E-state index is -0.297. The summed E-state index contributed by atoms with van der Waals surface area (Å²) in [7, 11) is 0. The van der Waals surface area contributed by atoms with Crippen molar-refractivity contribution in [3.05, 3.63) is 45.2 Å². The molecule has 2 aromatic rings. The zero-order valence-corrected chi connectivity index (χ0v) is 13.3. The van der Waals surface area contributed by atoms with E-state index >= 15 is 0 Å². The van der Waals surface area contributed by atoms with Crippen molar-refractivity contribution in [2.45, 2.75) is 32.6 Å². The molecular formula is C17H17FN2OS. The molecule has 1 amide bonds. The van der Waals surface area contributed by atoms with Gasteiger partial charge in [-0.3, -0.25) is 4.79 Å². The van der Waals surface area contributed by atoms with Gasteiger partial charge in [0.15, 0.2) is 0 Å². The number of carbonyl (C=O) groups is 1. The van der Waals surface area contributed by atoms with Crippen LogP contribution in [0.3, 0.4) is 0 Å². The zero-order chi connectivity index (χ0) is 15.3. The molecule has 2 heterocycles. The largest absolute Gasteiger partial charge is 0.307 e. The van der Waals surface area contributed by atoms with Gasteiger partial charge in [-0.1, -0.05) is 6.07 Å². The third kappa shape index (κ3) is 2.43. The number of carbonyl (C=O) groups excluding carboxylic acids is 1. The molecule has 0 atom stereocenters. The third-order valence-electron chi connectivity index (χ3n) is 4.38. The highest BCUT2D eigenvalue weighted by atomic mass is 32.1. The molecule has 0 spiro atoms. The van der Waals surface area contributed by atoms with E-state index in [1.54, 1.807) is 11.0 Å². The van der Waals surface area contributed by atoms with Crippen molar-refractivity contribution in [3.63, 3.8) is 0 Å². The standard InChI is InChI=1S/C17H17FN2OS/c1-10-16(22-15(19-10)8-11-2-3-11)17(21)20-7-6-12-4-5-13(18)9-14(12)20/h4-5,9,11H,2-3,6-8H2,1H3. The normalized spacial score (nSPS) is 16.9. The zero-order valence-electron chi connectivity index (χ0n) is 12.4. The van der Waals surface area contributed by atoms with Gasteiger partial charge in [-0.15, -0.1) is 11.3 Å². The number of halogens is 1. The smallest absolute Gasteiger partial charge is 0.270 e. The predicted octanol–water partition coefficient (Wildman–Crippen LogP) is 3.75. The lowest BCUT2D eigenvalue weighted by Crippen LogP contribution is -2.28. The van der Waals surface area contributed by atoms with E-state index in [9.17, 15) is 9.18 Å². The van der Waals surface area contributed by atoms with Gasteiger partial charge in [-0.2, -0.15) is 0 Å². The Balaban J connectivity index is 1.63. The topological polar surface area (TPSA) is 33.2 Å². The second-order valence-corrected chi connectivity index (χ2v) is 7.23. The molecule has 114 valence electrons. The minimum Gasteiger partial charge on any atom is -0.307 e. The van der Waals surface area contributed by atoms with Gasteiger partial charge in [0, 0.05) is 13.0 Å². The van der Waals surface area contributed by atoms with Crippen LogP contribution in [-0.2, 0) is 12.8 Å². The second kappa shape index (κ2) is 5.16. The van der Waals surface area contributed by atoms with Crippen LogP contribution < -0.4 is 4.90 Å². The van der Waals surface area contributed by atoms with E-state index in [0.717, 1.165) is 35.0 Å². The van der Waals surface area contributed by atoms with Crippen LogP contribution in [0.1, 0.15) is 38.8 Å². The molecule has 0 unspecified atom stereocenters. The molecule has 1 aliphatic heterocycles. The molecule has 1 aromatic carbocycles. The maximum absolute atomic E-state index is 13.5. The van der Waals surface area contributed by atoms with E-state index in [1.807, 2.05) is 6.92 Å². The first kappa shape index (κ1) is 13.9. The number of anilines is 1. The van der Waals surface area contributed by atoms with Crippen molar-refractivity contribution < 1.29 is 9.18 Å². The fourth-order valence-electron chi connectivity index (χ4n) is 2.99. The van der Waals surface area contributed by atoms with Crippen molar-refractivity contribution in [1.29, 1.82) is 0 Å². The Labute approximate surface area is 132 Å². The van der Waals surface area contributed by atoms with E-state index in [-0.39, 0.29) is 11.7 Å². The quantitative estimate of drug-likeness (QED) is 0.864. The number of hydrogen-bond donors (Lipinski definition) is 0. The van der Waals surface area contributed by atoms with Gasteiger partial charge in [0.1, 0.15) is 10.7 Å². The minimum absolute atomic E-state index is 0.0404. The van der Waals surface area contributed by atoms with Crippen LogP contribution in [0.5, 0.6) is 0 Å². The Morgan fingerprint density at radius 2 is 2.27 bits per heavy atom. The van der Waals surface area contributed by atoms with Gasteiger partial charge < -0.3 is 4.90 Å². The molecule has 0 N–H and O–H groups in total. The Bertz CT molecular complexity index is 751. The number of aromatic nitrogens is 1. The van der Waals surface area contributed by atoms with Gasteiger partial charge in [-0.25, -0.2) is 9.37 Å². The van der Waals surface area contributed by atoms with E-state index in [1.165, 1.54) is 36.3 Å². The highest BCUT2D eigenvalue weighted by Gasteiger charge is 2.30. The van der Waals surface area contributed by atoms with Gasteiger partial charge in [-0.05, 0) is 49.8 Å². The molecule has 3 nitrogen and oxygen atoms in total. The highest BCUT2D eigenvalue weighted by molar-refractivity contribution is 7.14. The van der Waals surface area contributed by atoms with E-state index in [4.69, 9.17) is 0 Å². The summed E-state index contributed by atoms with van der Waals surface area (Å²) in [5, 5.41) is 1.06. The SMILES string of the molecule is Cc1nc(CC2CC2)sc1C(=O)N1CCc2ccc(F)cc21. The number of aryl methyl sites for hydroxylation is 1. The summed E-state index contributed by atoms with van der Waals surface area (Å²) < 4.78 is 13.5. The van der Waals surface area contributed by atoms with Crippen molar-refractivity contribution in [3.8, 4) is 0 Å². The summed E-state index contributed by atoms with van der Waals surface area (Å²) in [5.74, 6) is 0.422. The molecule has 1 saturated carbocycles. The Kier molecular flexibility index (Phi) is 3.26. The van der Waals surface area contributed by atoms with Crippen LogP contribution in [0.4, 0.5) is 10.1 Å². The molecule has 5 heteroatoms. The predicted molar refractivity (Wildman–Crippen MR) is 85.1 cm³/mol. The first-order chi connectivity index (χ1) is 10.6. The van der Waals surface area contributed by atoms with Crippen LogP contribution in [0, 0.1) is 18.7 Å². The van der Waals surface area contributed by atoms with E-state index < -0.39 is 0 Å². The molecule has 1 fully saturated rings. The lowest BCUT2D eigenvalue weighted by atomic mass is 10.2. The summed E-state index contributed by atoms with van der Waals surface area (Å²) in [5.41, 5.74) is 2.55. The maximum atomic E-state index is 13.5. The van der Waals surface area contributed by atoms with Crippen molar-refractivity contribution in [2.24, 2.45) is 5.92 Å².